The first-order chi connectivity index (χ1) is 9.61. The minimum atomic E-state index is -0.439. The van der Waals surface area contributed by atoms with Gasteiger partial charge in [0.1, 0.15) is 11.6 Å². The van der Waals surface area contributed by atoms with Crippen LogP contribution in [0.1, 0.15) is 30.5 Å². The first kappa shape index (κ1) is 14.8. The third-order valence-corrected chi connectivity index (χ3v) is 3.30. The average Bonchev–Trinajstić information content (AvgIpc) is 2.48. The lowest BCUT2D eigenvalue weighted by molar-refractivity contribution is 0.317. The number of hydrogen-bond acceptors (Lipinski definition) is 2. The molecule has 2 nitrogen and oxygen atoms in total. The Bertz CT molecular complexity index is 571. The second-order valence-corrected chi connectivity index (χ2v) is 4.98. The highest BCUT2D eigenvalue weighted by atomic mass is 35.5. The van der Waals surface area contributed by atoms with E-state index in [2.05, 4.69) is 6.92 Å². The molecule has 0 aromatic heterocycles. The maximum Gasteiger partial charge on any atom is 0.141 e. The SMILES string of the molecule is CCCOc1ccc(C(N)c2ccc(F)c(Cl)c2)cc1. The molecule has 2 aromatic carbocycles. The van der Waals surface area contributed by atoms with Gasteiger partial charge in [-0.3, -0.25) is 0 Å². The van der Waals surface area contributed by atoms with Gasteiger partial charge in [-0.25, -0.2) is 4.39 Å². The zero-order valence-electron chi connectivity index (χ0n) is 11.3. The van der Waals surface area contributed by atoms with Gasteiger partial charge in [-0.05, 0) is 41.8 Å². The second kappa shape index (κ2) is 6.73. The van der Waals surface area contributed by atoms with Gasteiger partial charge >= 0.3 is 0 Å². The Morgan fingerprint density at radius 3 is 2.40 bits per heavy atom. The fourth-order valence-electron chi connectivity index (χ4n) is 1.89. The summed E-state index contributed by atoms with van der Waals surface area (Å²) in [6.07, 6.45) is 0.968. The molecule has 20 heavy (non-hydrogen) atoms. The molecule has 0 saturated carbocycles. The van der Waals surface area contributed by atoms with Crippen LogP contribution in [0.5, 0.6) is 5.75 Å². The summed E-state index contributed by atoms with van der Waals surface area (Å²) in [7, 11) is 0. The molecule has 2 rings (SSSR count). The molecule has 0 aliphatic heterocycles. The van der Waals surface area contributed by atoms with Crippen LogP contribution >= 0.6 is 11.6 Å². The molecular weight excluding hydrogens is 277 g/mol. The standard InChI is InChI=1S/C16H17ClFNO/c1-2-9-20-13-6-3-11(4-7-13)16(19)12-5-8-15(18)14(17)10-12/h3-8,10,16H,2,9,19H2,1H3. The molecule has 106 valence electrons. The first-order valence-electron chi connectivity index (χ1n) is 6.55. The Labute approximate surface area is 123 Å². The molecule has 0 aliphatic carbocycles. The van der Waals surface area contributed by atoms with E-state index in [9.17, 15) is 4.39 Å². The van der Waals surface area contributed by atoms with Gasteiger partial charge in [0, 0.05) is 0 Å². The summed E-state index contributed by atoms with van der Waals surface area (Å²) in [5.41, 5.74) is 7.87. The van der Waals surface area contributed by atoms with Crippen LogP contribution in [0.25, 0.3) is 0 Å². The lowest BCUT2D eigenvalue weighted by Gasteiger charge is -2.14. The maximum absolute atomic E-state index is 13.1. The predicted molar refractivity (Wildman–Crippen MR) is 79.7 cm³/mol. The van der Waals surface area contributed by atoms with Crippen molar-refractivity contribution >= 4 is 11.6 Å². The molecule has 0 saturated heterocycles. The van der Waals surface area contributed by atoms with Crippen molar-refractivity contribution in [3.05, 3.63) is 64.4 Å². The minimum absolute atomic E-state index is 0.0841. The van der Waals surface area contributed by atoms with Crippen LogP contribution in [-0.4, -0.2) is 6.61 Å². The largest absolute Gasteiger partial charge is 0.494 e. The van der Waals surface area contributed by atoms with Crippen molar-refractivity contribution in [3.63, 3.8) is 0 Å². The van der Waals surface area contributed by atoms with Crippen molar-refractivity contribution in [2.75, 3.05) is 6.61 Å². The van der Waals surface area contributed by atoms with Crippen LogP contribution in [-0.2, 0) is 0 Å². The third kappa shape index (κ3) is 3.50. The van der Waals surface area contributed by atoms with Crippen molar-refractivity contribution in [1.29, 1.82) is 0 Å². The van der Waals surface area contributed by atoms with E-state index in [1.54, 1.807) is 12.1 Å². The van der Waals surface area contributed by atoms with Crippen molar-refractivity contribution in [2.45, 2.75) is 19.4 Å². The lowest BCUT2D eigenvalue weighted by Crippen LogP contribution is -2.11. The van der Waals surface area contributed by atoms with E-state index in [1.165, 1.54) is 6.07 Å². The molecular formula is C16H17ClFNO. The average molecular weight is 294 g/mol. The Hall–Kier alpha value is -1.58. The molecule has 0 fully saturated rings. The number of halogens is 2. The Kier molecular flexibility index (Phi) is 4.99. The van der Waals surface area contributed by atoms with Gasteiger partial charge in [0.05, 0.1) is 17.7 Å². The van der Waals surface area contributed by atoms with E-state index >= 15 is 0 Å². The molecule has 0 spiro atoms. The molecule has 1 atom stereocenters. The quantitative estimate of drug-likeness (QED) is 0.891. The van der Waals surface area contributed by atoms with Crippen molar-refractivity contribution < 1.29 is 9.13 Å². The lowest BCUT2D eigenvalue weighted by atomic mass is 9.99. The number of hydrogen-bond donors (Lipinski definition) is 1. The van der Waals surface area contributed by atoms with Gasteiger partial charge in [-0.2, -0.15) is 0 Å². The van der Waals surface area contributed by atoms with Gasteiger partial charge in [0.25, 0.3) is 0 Å². The smallest absolute Gasteiger partial charge is 0.141 e. The molecule has 0 heterocycles. The van der Waals surface area contributed by atoms with E-state index in [1.807, 2.05) is 24.3 Å². The zero-order valence-corrected chi connectivity index (χ0v) is 12.0. The summed E-state index contributed by atoms with van der Waals surface area (Å²) in [5.74, 6) is 0.380. The molecule has 2 N–H and O–H groups in total. The molecule has 4 heteroatoms. The number of rotatable bonds is 5. The highest BCUT2D eigenvalue weighted by Crippen LogP contribution is 2.25. The highest BCUT2D eigenvalue weighted by molar-refractivity contribution is 6.30. The number of nitrogens with two attached hydrogens (primary N) is 1. The Balaban J connectivity index is 2.15. The van der Waals surface area contributed by atoms with Crippen molar-refractivity contribution in [3.8, 4) is 5.75 Å². The van der Waals surface area contributed by atoms with Gasteiger partial charge in [0.15, 0.2) is 0 Å². The fraction of sp³-hybridized carbons (Fsp3) is 0.250. The summed E-state index contributed by atoms with van der Waals surface area (Å²) < 4.78 is 18.7. The maximum atomic E-state index is 13.1. The monoisotopic (exact) mass is 293 g/mol. The summed E-state index contributed by atoms with van der Waals surface area (Å²) in [6.45, 7) is 2.75. The van der Waals surface area contributed by atoms with Crippen LogP contribution < -0.4 is 10.5 Å². The van der Waals surface area contributed by atoms with Gasteiger partial charge in [-0.15, -0.1) is 0 Å². The van der Waals surface area contributed by atoms with Crippen molar-refractivity contribution in [1.82, 2.24) is 0 Å². The zero-order chi connectivity index (χ0) is 14.5. The third-order valence-electron chi connectivity index (χ3n) is 3.01. The first-order valence-corrected chi connectivity index (χ1v) is 6.93. The number of benzene rings is 2. The molecule has 0 amide bonds. The van der Waals surface area contributed by atoms with Gasteiger partial charge < -0.3 is 10.5 Å². The van der Waals surface area contributed by atoms with E-state index < -0.39 is 5.82 Å². The van der Waals surface area contributed by atoms with Crippen LogP contribution in [0.4, 0.5) is 4.39 Å². The topological polar surface area (TPSA) is 35.2 Å². The predicted octanol–water partition coefficient (Wildman–Crippen LogP) is 4.32. The molecule has 0 aliphatic rings. The molecule has 0 bridgehead atoms. The van der Waals surface area contributed by atoms with Crippen LogP contribution in [0, 0.1) is 5.82 Å². The van der Waals surface area contributed by atoms with Crippen LogP contribution in [0.2, 0.25) is 5.02 Å². The summed E-state index contributed by atoms with van der Waals surface area (Å²) in [5, 5.41) is 0.0841. The van der Waals surface area contributed by atoms with E-state index in [0.717, 1.165) is 23.3 Å². The normalized spacial score (nSPS) is 12.2. The molecule has 2 aromatic rings. The van der Waals surface area contributed by atoms with Crippen LogP contribution in [0.15, 0.2) is 42.5 Å². The van der Waals surface area contributed by atoms with Gasteiger partial charge in [-0.1, -0.05) is 36.7 Å². The summed E-state index contributed by atoms with van der Waals surface area (Å²) >= 11 is 5.78. The Morgan fingerprint density at radius 1 is 1.15 bits per heavy atom. The van der Waals surface area contributed by atoms with E-state index in [0.29, 0.717) is 6.61 Å². The fourth-order valence-corrected chi connectivity index (χ4v) is 2.08. The Morgan fingerprint density at radius 2 is 1.80 bits per heavy atom. The summed E-state index contributed by atoms with van der Waals surface area (Å²) in [4.78, 5) is 0. The van der Waals surface area contributed by atoms with E-state index in [4.69, 9.17) is 22.1 Å². The van der Waals surface area contributed by atoms with E-state index in [-0.39, 0.29) is 11.1 Å². The minimum Gasteiger partial charge on any atom is -0.494 e. The molecule has 0 radical (unpaired) electrons. The number of ether oxygens (including phenoxy) is 1. The molecule has 1 unspecified atom stereocenters. The summed E-state index contributed by atoms with van der Waals surface area (Å²) in [6, 6.07) is 11.8. The van der Waals surface area contributed by atoms with Gasteiger partial charge in [0.2, 0.25) is 0 Å². The van der Waals surface area contributed by atoms with Crippen LogP contribution in [0.3, 0.4) is 0 Å². The second-order valence-electron chi connectivity index (χ2n) is 4.57. The van der Waals surface area contributed by atoms with Crippen molar-refractivity contribution in [2.24, 2.45) is 5.73 Å². The highest BCUT2D eigenvalue weighted by Gasteiger charge is 2.11.